The van der Waals surface area contributed by atoms with Crippen molar-refractivity contribution in [3.63, 3.8) is 0 Å². The van der Waals surface area contributed by atoms with Crippen LogP contribution in [0, 0.1) is 0 Å². The molecule has 0 aliphatic heterocycles. The molecule has 0 heterocycles. The molecule has 0 aromatic heterocycles. The van der Waals surface area contributed by atoms with Gasteiger partial charge < -0.3 is 9.64 Å². The number of rotatable bonds is 5. The van der Waals surface area contributed by atoms with Crippen LogP contribution < -0.4 is 0 Å². The highest BCUT2D eigenvalue weighted by atomic mass is 16.5. The maximum absolute atomic E-state index is 11.5. The highest BCUT2D eigenvalue weighted by molar-refractivity contribution is 5.94. The van der Waals surface area contributed by atoms with E-state index in [9.17, 15) is 9.59 Å². The van der Waals surface area contributed by atoms with E-state index in [4.69, 9.17) is 0 Å². The summed E-state index contributed by atoms with van der Waals surface area (Å²) < 4.78 is 4.60. The first-order valence-electron chi connectivity index (χ1n) is 4.39. The van der Waals surface area contributed by atoms with E-state index >= 15 is 0 Å². The molecule has 1 amide bonds. The monoisotopic (exact) mass is 197 g/mol. The SMILES string of the molecule is C=CC(=O)OC(=C)C(=O)N(CC)CC. The van der Waals surface area contributed by atoms with Gasteiger partial charge in [0.2, 0.25) is 0 Å². The minimum Gasteiger partial charge on any atom is -0.418 e. The van der Waals surface area contributed by atoms with E-state index in [1.54, 1.807) is 0 Å². The molecule has 0 bridgehead atoms. The largest absolute Gasteiger partial charge is 0.418 e. The van der Waals surface area contributed by atoms with Crippen LogP contribution in [0.2, 0.25) is 0 Å². The molecule has 0 aliphatic carbocycles. The number of hydrogen-bond acceptors (Lipinski definition) is 3. The van der Waals surface area contributed by atoms with Crippen molar-refractivity contribution in [1.29, 1.82) is 0 Å². The molecule has 0 aliphatic rings. The van der Waals surface area contributed by atoms with Gasteiger partial charge in [-0.15, -0.1) is 0 Å². The van der Waals surface area contributed by atoms with Crippen molar-refractivity contribution in [3.05, 3.63) is 25.0 Å². The van der Waals surface area contributed by atoms with Crippen molar-refractivity contribution in [2.75, 3.05) is 13.1 Å². The molecule has 0 unspecified atom stereocenters. The number of amides is 1. The quantitative estimate of drug-likeness (QED) is 0.376. The van der Waals surface area contributed by atoms with Crippen LogP contribution in [0.15, 0.2) is 25.0 Å². The zero-order valence-corrected chi connectivity index (χ0v) is 8.58. The Morgan fingerprint density at radius 1 is 1.36 bits per heavy atom. The van der Waals surface area contributed by atoms with Gasteiger partial charge in [-0.25, -0.2) is 4.79 Å². The lowest BCUT2D eigenvalue weighted by molar-refractivity contribution is -0.141. The minimum atomic E-state index is -0.671. The van der Waals surface area contributed by atoms with Crippen LogP contribution in [0.4, 0.5) is 0 Å². The zero-order chi connectivity index (χ0) is 11.1. The van der Waals surface area contributed by atoms with Gasteiger partial charge in [-0.05, 0) is 13.8 Å². The van der Waals surface area contributed by atoms with Gasteiger partial charge in [0, 0.05) is 19.2 Å². The Labute approximate surface area is 83.8 Å². The summed E-state index contributed by atoms with van der Waals surface area (Å²) >= 11 is 0. The first-order chi connectivity index (χ1) is 6.56. The van der Waals surface area contributed by atoms with Gasteiger partial charge in [0.1, 0.15) is 0 Å². The normalized spacial score (nSPS) is 9.00. The summed E-state index contributed by atoms with van der Waals surface area (Å²) in [7, 11) is 0. The molecule has 0 spiro atoms. The minimum absolute atomic E-state index is 0.168. The van der Waals surface area contributed by atoms with E-state index in [-0.39, 0.29) is 11.7 Å². The summed E-state index contributed by atoms with van der Waals surface area (Å²) in [6.45, 7) is 11.4. The van der Waals surface area contributed by atoms with Crippen LogP contribution in [-0.2, 0) is 14.3 Å². The molecule has 0 saturated carbocycles. The lowest BCUT2D eigenvalue weighted by atomic mass is 10.4. The second kappa shape index (κ2) is 5.96. The summed E-state index contributed by atoms with van der Waals surface area (Å²) in [5, 5.41) is 0. The van der Waals surface area contributed by atoms with E-state index < -0.39 is 5.97 Å². The molecular formula is C10H15NO3. The molecule has 0 aromatic carbocycles. The predicted molar refractivity (Wildman–Crippen MR) is 53.4 cm³/mol. The number of likely N-dealkylation sites (N-methyl/N-ethyl adjacent to an activating group) is 1. The van der Waals surface area contributed by atoms with Crippen molar-refractivity contribution in [2.24, 2.45) is 0 Å². The second-order valence-corrected chi connectivity index (χ2v) is 2.53. The standard InChI is InChI=1S/C10H15NO3/c1-5-9(12)14-8(4)10(13)11(6-2)7-3/h5H,1,4,6-7H2,2-3H3. The molecule has 78 valence electrons. The number of ether oxygens (including phenoxy) is 1. The Morgan fingerprint density at radius 3 is 2.21 bits per heavy atom. The van der Waals surface area contributed by atoms with E-state index in [1.165, 1.54) is 4.90 Å². The first-order valence-corrected chi connectivity index (χ1v) is 4.39. The molecule has 0 fully saturated rings. The fraction of sp³-hybridized carbons (Fsp3) is 0.400. The summed E-state index contributed by atoms with van der Waals surface area (Å²) in [4.78, 5) is 23.7. The van der Waals surface area contributed by atoms with Crippen LogP contribution in [-0.4, -0.2) is 29.9 Å². The number of carbonyl (C=O) groups excluding carboxylic acids is 2. The van der Waals surface area contributed by atoms with Gasteiger partial charge in [0.15, 0.2) is 5.76 Å². The third-order valence-corrected chi connectivity index (χ3v) is 1.68. The molecule has 0 saturated heterocycles. The Kier molecular flexibility index (Phi) is 5.29. The van der Waals surface area contributed by atoms with E-state index in [1.807, 2.05) is 13.8 Å². The summed E-state index contributed by atoms with van der Waals surface area (Å²) in [5.74, 6) is -1.21. The topological polar surface area (TPSA) is 46.6 Å². The van der Waals surface area contributed by atoms with E-state index in [0.717, 1.165) is 6.08 Å². The smallest absolute Gasteiger partial charge is 0.335 e. The molecule has 14 heavy (non-hydrogen) atoms. The van der Waals surface area contributed by atoms with E-state index in [2.05, 4.69) is 17.9 Å². The van der Waals surface area contributed by atoms with Crippen molar-refractivity contribution >= 4 is 11.9 Å². The Balaban J connectivity index is 4.31. The van der Waals surface area contributed by atoms with Crippen LogP contribution in [0.5, 0.6) is 0 Å². The fourth-order valence-corrected chi connectivity index (χ4v) is 0.894. The average molecular weight is 197 g/mol. The van der Waals surface area contributed by atoms with Gasteiger partial charge in [-0.3, -0.25) is 4.79 Å². The highest BCUT2D eigenvalue weighted by Crippen LogP contribution is 2.01. The number of hydrogen-bond donors (Lipinski definition) is 0. The number of nitrogens with zero attached hydrogens (tertiary/aromatic N) is 1. The lowest BCUT2D eigenvalue weighted by Crippen LogP contribution is -2.32. The fourth-order valence-electron chi connectivity index (χ4n) is 0.894. The highest BCUT2D eigenvalue weighted by Gasteiger charge is 2.16. The van der Waals surface area contributed by atoms with Crippen molar-refractivity contribution in [3.8, 4) is 0 Å². The number of carbonyl (C=O) groups is 2. The lowest BCUT2D eigenvalue weighted by Gasteiger charge is -2.18. The van der Waals surface area contributed by atoms with Gasteiger partial charge in [-0.1, -0.05) is 13.2 Å². The van der Waals surface area contributed by atoms with Crippen molar-refractivity contribution in [2.45, 2.75) is 13.8 Å². The third-order valence-electron chi connectivity index (χ3n) is 1.68. The van der Waals surface area contributed by atoms with Crippen molar-refractivity contribution < 1.29 is 14.3 Å². The maximum atomic E-state index is 11.5. The molecule has 0 N–H and O–H groups in total. The average Bonchev–Trinajstić information content (AvgIpc) is 2.19. The summed E-state index contributed by atoms with van der Waals surface area (Å²) in [6, 6.07) is 0. The van der Waals surface area contributed by atoms with Gasteiger partial charge in [0.25, 0.3) is 5.91 Å². The van der Waals surface area contributed by atoms with Crippen LogP contribution in [0.25, 0.3) is 0 Å². The molecule has 0 radical (unpaired) electrons. The van der Waals surface area contributed by atoms with Crippen LogP contribution in [0.1, 0.15) is 13.8 Å². The summed E-state index contributed by atoms with van der Waals surface area (Å²) in [6.07, 6.45) is 0.987. The summed E-state index contributed by atoms with van der Waals surface area (Å²) in [5.41, 5.74) is 0. The number of esters is 1. The van der Waals surface area contributed by atoms with Gasteiger partial charge in [-0.2, -0.15) is 0 Å². The first kappa shape index (κ1) is 12.4. The third kappa shape index (κ3) is 3.43. The molecule has 4 nitrogen and oxygen atoms in total. The van der Waals surface area contributed by atoms with Crippen LogP contribution in [0.3, 0.4) is 0 Å². The van der Waals surface area contributed by atoms with Crippen molar-refractivity contribution in [1.82, 2.24) is 4.90 Å². The Morgan fingerprint density at radius 2 is 1.86 bits per heavy atom. The molecule has 0 aromatic rings. The Hall–Kier alpha value is -1.58. The Bertz CT molecular complexity index is 254. The van der Waals surface area contributed by atoms with E-state index in [0.29, 0.717) is 13.1 Å². The van der Waals surface area contributed by atoms with Gasteiger partial charge >= 0.3 is 5.97 Å². The van der Waals surface area contributed by atoms with Crippen LogP contribution >= 0.6 is 0 Å². The molecule has 4 heteroatoms. The predicted octanol–water partition coefficient (Wildman–Crippen LogP) is 1.10. The molecule has 0 rings (SSSR count). The maximum Gasteiger partial charge on any atom is 0.335 e. The molecule has 0 atom stereocenters. The molecular weight excluding hydrogens is 182 g/mol. The van der Waals surface area contributed by atoms with Gasteiger partial charge in [0.05, 0.1) is 0 Å². The zero-order valence-electron chi connectivity index (χ0n) is 8.58. The second-order valence-electron chi connectivity index (χ2n) is 2.53.